The topological polar surface area (TPSA) is 26.3 Å². The third kappa shape index (κ3) is 9.63. The predicted molar refractivity (Wildman–Crippen MR) is 50.2 cm³/mol. The third-order valence-electron chi connectivity index (χ3n) is 1.52. The van der Waals surface area contributed by atoms with Crippen molar-refractivity contribution in [1.82, 2.24) is 0 Å². The minimum atomic E-state index is 0.277. The van der Waals surface area contributed by atoms with Crippen molar-refractivity contribution in [3.63, 3.8) is 0 Å². The van der Waals surface area contributed by atoms with Crippen molar-refractivity contribution >= 4 is 5.78 Å². The monoisotopic (exact) mass is 172 g/mol. The van der Waals surface area contributed by atoms with Crippen molar-refractivity contribution in [1.29, 1.82) is 0 Å². The minimum absolute atomic E-state index is 0.277. The molecule has 0 saturated heterocycles. The van der Waals surface area contributed by atoms with Crippen LogP contribution in [0, 0.1) is 5.92 Å². The highest BCUT2D eigenvalue weighted by molar-refractivity contribution is 5.75. The Hall–Kier alpha value is -0.370. The maximum Gasteiger partial charge on any atom is 0.129 e. The molecule has 0 saturated carbocycles. The van der Waals surface area contributed by atoms with Gasteiger partial charge in [0.2, 0.25) is 0 Å². The Kier molecular flexibility index (Phi) is 7.06. The highest BCUT2D eigenvalue weighted by atomic mass is 16.5. The quantitative estimate of drug-likeness (QED) is 0.551. The molecule has 0 aliphatic rings. The van der Waals surface area contributed by atoms with Gasteiger partial charge in [0.1, 0.15) is 5.78 Å². The van der Waals surface area contributed by atoms with E-state index in [1.165, 1.54) is 0 Å². The van der Waals surface area contributed by atoms with Crippen molar-refractivity contribution in [3.8, 4) is 0 Å². The van der Waals surface area contributed by atoms with Gasteiger partial charge in [0.25, 0.3) is 0 Å². The van der Waals surface area contributed by atoms with Crippen LogP contribution in [0.15, 0.2) is 0 Å². The average Bonchev–Trinajstić information content (AvgIpc) is 1.95. The van der Waals surface area contributed by atoms with Gasteiger partial charge in [0.05, 0.1) is 0 Å². The summed E-state index contributed by atoms with van der Waals surface area (Å²) >= 11 is 0. The Morgan fingerprint density at radius 3 is 2.50 bits per heavy atom. The Labute approximate surface area is 75.3 Å². The van der Waals surface area contributed by atoms with Crippen LogP contribution in [-0.2, 0) is 9.53 Å². The molecule has 0 aromatic carbocycles. The number of carbonyl (C=O) groups is 1. The molecular weight excluding hydrogens is 152 g/mol. The summed E-state index contributed by atoms with van der Waals surface area (Å²) in [5.74, 6) is 0.886. The minimum Gasteiger partial charge on any atom is -0.381 e. The van der Waals surface area contributed by atoms with E-state index in [9.17, 15) is 4.79 Å². The van der Waals surface area contributed by atoms with Crippen molar-refractivity contribution in [2.24, 2.45) is 5.92 Å². The van der Waals surface area contributed by atoms with E-state index < -0.39 is 0 Å². The Balaban J connectivity index is 2.96. The largest absolute Gasteiger partial charge is 0.381 e. The van der Waals surface area contributed by atoms with E-state index in [-0.39, 0.29) is 5.78 Å². The zero-order chi connectivity index (χ0) is 9.40. The van der Waals surface area contributed by atoms with Gasteiger partial charge in [0.15, 0.2) is 0 Å². The number of hydrogen-bond donors (Lipinski definition) is 0. The van der Waals surface area contributed by atoms with Gasteiger partial charge >= 0.3 is 0 Å². The molecule has 72 valence electrons. The van der Waals surface area contributed by atoms with Crippen molar-refractivity contribution in [2.45, 2.75) is 40.0 Å². The van der Waals surface area contributed by atoms with Crippen molar-refractivity contribution in [3.05, 3.63) is 0 Å². The van der Waals surface area contributed by atoms with Crippen LogP contribution in [0.4, 0.5) is 0 Å². The van der Waals surface area contributed by atoms with Crippen LogP contribution in [0.1, 0.15) is 40.0 Å². The zero-order valence-electron chi connectivity index (χ0n) is 8.43. The Bertz CT molecular complexity index is 119. The summed E-state index contributed by atoms with van der Waals surface area (Å²) < 4.78 is 5.37. The fourth-order valence-corrected chi connectivity index (χ4v) is 0.897. The molecule has 0 amide bonds. The number of rotatable bonds is 7. The van der Waals surface area contributed by atoms with E-state index >= 15 is 0 Å². The van der Waals surface area contributed by atoms with E-state index in [4.69, 9.17) is 4.74 Å². The van der Waals surface area contributed by atoms with Crippen LogP contribution in [0.25, 0.3) is 0 Å². The maximum atomic E-state index is 10.5. The van der Waals surface area contributed by atoms with Gasteiger partial charge in [-0.05, 0) is 25.7 Å². The molecule has 0 bridgehead atoms. The molecule has 0 aromatic heterocycles. The number of Topliss-reactive ketones (excluding diaryl/α,β-unsaturated/α-hetero) is 1. The normalized spacial score (nSPS) is 10.7. The molecule has 0 atom stereocenters. The Morgan fingerprint density at radius 1 is 1.33 bits per heavy atom. The van der Waals surface area contributed by atoms with Crippen LogP contribution < -0.4 is 0 Å². The summed E-state index contributed by atoms with van der Waals surface area (Å²) in [5, 5.41) is 0. The molecule has 0 N–H and O–H groups in total. The lowest BCUT2D eigenvalue weighted by Gasteiger charge is -2.05. The summed E-state index contributed by atoms with van der Waals surface area (Å²) in [7, 11) is 0. The van der Waals surface area contributed by atoms with Crippen LogP contribution in [0.5, 0.6) is 0 Å². The van der Waals surface area contributed by atoms with E-state index in [1.807, 2.05) is 0 Å². The van der Waals surface area contributed by atoms with Crippen LogP contribution >= 0.6 is 0 Å². The van der Waals surface area contributed by atoms with Gasteiger partial charge in [-0.2, -0.15) is 0 Å². The molecule has 2 heteroatoms. The summed E-state index contributed by atoms with van der Waals surface area (Å²) in [6.45, 7) is 7.53. The molecule has 0 unspecified atom stereocenters. The number of carbonyl (C=O) groups excluding carboxylic acids is 1. The standard InChI is InChI=1S/C10H20O2/c1-9(2)8-12-7-5-4-6-10(3)11/h9H,4-8H2,1-3H3. The molecule has 0 fully saturated rings. The van der Waals surface area contributed by atoms with Gasteiger partial charge in [-0.1, -0.05) is 13.8 Å². The lowest BCUT2D eigenvalue weighted by Crippen LogP contribution is -2.03. The molecule has 0 aliphatic carbocycles. The second kappa shape index (κ2) is 7.29. The SMILES string of the molecule is CC(=O)CCCCOCC(C)C. The number of unbranched alkanes of at least 4 members (excludes halogenated alkanes) is 1. The van der Waals surface area contributed by atoms with Gasteiger partial charge < -0.3 is 9.53 Å². The van der Waals surface area contributed by atoms with E-state index in [0.29, 0.717) is 12.3 Å². The summed E-state index contributed by atoms with van der Waals surface area (Å²) in [6.07, 6.45) is 2.67. The highest BCUT2D eigenvalue weighted by Crippen LogP contribution is 1.98. The van der Waals surface area contributed by atoms with Crippen molar-refractivity contribution < 1.29 is 9.53 Å². The highest BCUT2D eigenvalue weighted by Gasteiger charge is 1.95. The lowest BCUT2D eigenvalue weighted by atomic mass is 10.2. The van der Waals surface area contributed by atoms with Gasteiger partial charge in [0, 0.05) is 19.6 Å². The molecule has 12 heavy (non-hydrogen) atoms. The zero-order valence-corrected chi connectivity index (χ0v) is 8.43. The molecule has 0 spiro atoms. The summed E-state index contributed by atoms with van der Waals surface area (Å²) in [6, 6.07) is 0. The Morgan fingerprint density at radius 2 is 2.00 bits per heavy atom. The van der Waals surface area contributed by atoms with Gasteiger partial charge in [-0.3, -0.25) is 0 Å². The first kappa shape index (κ1) is 11.6. The summed E-state index contributed by atoms with van der Waals surface area (Å²) in [4.78, 5) is 10.5. The average molecular weight is 172 g/mol. The van der Waals surface area contributed by atoms with Gasteiger partial charge in [-0.25, -0.2) is 0 Å². The van der Waals surface area contributed by atoms with E-state index in [2.05, 4.69) is 13.8 Å². The van der Waals surface area contributed by atoms with Crippen molar-refractivity contribution in [2.75, 3.05) is 13.2 Å². The molecule has 0 aromatic rings. The lowest BCUT2D eigenvalue weighted by molar-refractivity contribution is -0.117. The molecule has 0 radical (unpaired) electrons. The predicted octanol–water partition coefficient (Wildman–Crippen LogP) is 2.42. The fraction of sp³-hybridized carbons (Fsp3) is 0.900. The maximum absolute atomic E-state index is 10.5. The molecule has 2 nitrogen and oxygen atoms in total. The number of ether oxygens (including phenoxy) is 1. The van der Waals surface area contributed by atoms with Crippen LogP contribution in [0.2, 0.25) is 0 Å². The van der Waals surface area contributed by atoms with Crippen LogP contribution in [-0.4, -0.2) is 19.0 Å². The third-order valence-corrected chi connectivity index (χ3v) is 1.52. The molecular formula is C10H20O2. The van der Waals surface area contributed by atoms with Gasteiger partial charge in [-0.15, -0.1) is 0 Å². The summed E-state index contributed by atoms with van der Waals surface area (Å²) in [5.41, 5.74) is 0. The molecule has 0 rings (SSSR count). The molecule has 0 aliphatic heterocycles. The van der Waals surface area contributed by atoms with Crippen LogP contribution in [0.3, 0.4) is 0 Å². The second-order valence-electron chi connectivity index (χ2n) is 3.63. The second-order valence-corrected chi connectivity index (χ2v) is 3.63. The molecule has 0 heterocycles. The fourth-order valence-electron chi connectivity index (χ4n) is 0.897. The first-order valence-electron chi connectivity index (χ1n) is 4.70. The first-order valence-corrected chi connectivity index (χ1v) is 4.70. The number of ketones is 1. The number of hydrogen-bond acceptors (Lipinski definition) is 2. The van der Waals surface area contributed by atoms with E-state index in [0.717, 1.165) is 26.1 Å². The smallest absolute Gasteiger partial charge is 0.129 e. The first-order chi connectivity index (χ1) is 5.63. The van der Waals surface area contributed by atoms with E-state index in [1.54, 1.807) is 6.92 Å².